The average Bonchev–Trinajstić information content (AvgIpc) is 2.83. The molecule has 1 aliphatic carbocycles. The van der Waals surface area contributed by atoms with Crippen LogP contribution in [0, 0.1) is 0 Å². The molecule has 144 valence electrons. The summed E-state index contributed by atoms with van der Waals surface area (Å²) in [5.74, 6) is -0.239. The molecule has 0 saturated heterocycles. The van der Waals surface area contributed by atoms with E-state index in [0.717, 1.165) is 5.56 Å². The SMILES string of the molecule is COC(=O)C1CCc2cc(OC)c(OC)c(OC)c2-c2cc(O)c(O)cc21. The van der Waals surface area contributed by atoms with Crippen LogP contribution in [-0.4, -0.2) is 44.6 Å². The molecule has 1 unspecified atom stereocenters. The Kier molecular flexibility index (Phi) is 5.03. The summed E-state index contributed by atoms with van der Waals surface area (Å²) in [5.41, 5.74) is 2.70. The number of hydrogen-bond acceptors (Lipinski definition) is 7. The number of hydrogen-bond donors (Lipinski definition) is 2. The number of carbonyl (C=O) groups is 1. The summed E-state index contributed by atoms with van der Waals surface area (Å²) >= 11 is 0. The van der Waals surface area contributed by atoms with Gasteiger partial charge in [0.2, 0.25) is 5.75 Å². The van der Waals surface area contributed by atoms with E-state index in [1.54, 1.807) is 0 Å². The summed E-state index contributed by atoms with van der Waals surface area (Å²) in [4.78, 5) is 12.4. The zero-order chi connectivity index (χ0) is 19.7. The number of ether oxygens (including phenoxy) is 4. The molecule has 1 atom stereocenters. The van der Waals surface area contributed by atoms with Gasteiger partial charge in [0.15, 0.2) is 23.0 Å². The fourth-order valence-electron chi connectivity index (χ4n) is 3.64. The minimum absolute atomic E-state index is 0.290. The molecule has 3 rings (SSSR count). The van der Waals surface area contributed by atoms with Crippen molar-refractivity contribution in [3.8, 4) is 39.9 Å². The van der Waals surface area contributed by atoms with E-state index in [0.29, 0.717) is 46.8 Å². The Hall–Kier alpha value is -3.09. The summed E-state index contributed by atoms with van der Waals surface area (Å²) in [6.45, 7) is 0. The normalized spacial score (nSPS) is 15.2. The highest BCUT2D eigenvalue weighted by Crippen LogP contribution is 2.52. The lowest BCUT2D eigenvalue weighted by Crippen LogP contribution is -2.14. The highest BCUT2D eigenvalue weighted by atomic mass is 16.5. The van der Waals surface area contributed by atoms with E-state index in [2.05, 4.69) is 0 Å². The van der Waals surface area contributed by atoms with Gasteiger partial charge in [-0.3, -0.25) is 4.79 Å². The Bertz CT molecular complexity index is 889. The smallest absolute Gasteiger partial charge is 0.313 e. The number of phenolic OH excluding ortho intramolecular Hbond substituents is 2. The summed E-state index contributed by atoms with van der Waals surface area (Å²) < 4.78 is 21.5. The first-order valence-corrected chi connectivity index (χ1v) is 8.42. The molecule has 2 aromatic carbocycles. The highest BCUT2D eigenvalue weighted by Gasteiger charge is 2.33. The van der Waals surface area contributed by atoms with Crippen molar-refractivity contribution in [1.29, 1.82) is 0 Å². The van der Waals surface area contributed by atoms with Gasteiger partial charge in [-0.05, 0) is 47.7 Å². The average molecular weight is 374 g/mol. The number of rotatable bonds is 4. The lowest BCUT2D eigenvalue weighted by atomic mass is 9.90. The van der Waals surface area contributed by atoms with Crippen molar-refractivity contribution in [2.45, 2.75) is 18.8 Å². The van der Waals surface area contributed by atoms with Crippen LogP contribution in [0.5, 0.6) is 28.7 Å². The van der Waals surface area contributed by atoms with Gasteiger partial charge < -0.3 is 29.2 Å². The molecular formula is C20H22O7. The Labute approximate surface area is 157 Å². The number of fused-ring (bicyclic) bond motifs is 3. The third-order valence-corrected chi connectivity index (χ3v) is 4.89. The maximum Gasteiger partial charge on any atom is 0.313 e. The van der Waals surface area contributed by atoms with Gasteiger partial charge in [-0.15, -0.1) is 0 Å². The molecule has 0 radical (unpaired) electrons. The number of aryl methyl sites for hydroxylation is 1. The number of carbonyl (C=O) groups excluding carboxylic acids is 1. The Morgan fingerprint density at radius 1 is 0.963 bits per heavy atom. The van der Waals surface area contributed by atoms with Crippen molar-refractivity contribution in [2.75, 3.05) is 28.4 Å². The minimum Gasteiger partial charge on any atom is -0.504 e. The van der Waals surface area contributed by atoms with Gasteiger partial charge in [-0.25, -0.2) is 0 Å². The third-order valence-electron chi connectivity index (χ3n) is 4.89. The van der Waals surface area contributed by atoms with Crippen LogP contribution in [0.2, 0.25) is 0 Å². The van der Waals surface area contributed by atoms with Crippen molar-refractivity contribution in [3.05, 3.63) is 29.3 Å². The summed E-state index contributed by atoms with van der Waals surface area (Å²) in [5, 5.41) is 20.1. The van der Waals surface area contributed by atoms with Crippen LogP contribution in [0.25, 0.3) is 11.1 Å². The third kappa shape index (κ3) is 2.99. The topological polar surface area (TPSA) is 94.5 Å². The molecule has 7 heteroatoms. The van der Waals surface area contributed by atoms with Crippen molar-refractivity contribution in [3.63, 3.8) is 0 Å². The fourth-order valence-corrected chi connectivity index (χ4v) is 3.64. The molecule has 27 heavy (non-hydrogen) atoms. The second kappa shape index (κ2) is 7.26. The van der Waals surface area contributed by atoms with E-state index < -0.39 is 11.9 Å². The van der Waals surface area contributed by atoms with Crippen molar-refractivity contribution < 1.29 is 34.0 Å². The fraction of sp³-hybridized carbons (Fsp3) is 0.350. The summed E-state index contributed by atoms with van der Waals surface area (Å²) in [6, 6.07) is 4.67. The standard InChI is InChI=1S/C20H22O7/c1-24-16-7-10-5-6-11(20(23)27-4)12-8-14(21)15(22)9-13(12)17(10)19(26-3)18(16)25-2/h7-9,11,21-22H,5-6H2,1-4H3. The van der Waals surface area contributed by atoms with Crippen LogP contribution in [0.4, 0.5) is 0 Å². The number of esters is 1. The molecule has 0 spiro atoms. The van der Waals surface area contributed by atoms with Crippen LogP contribution < -0.4 is 14.2 Å². The number of aromatic hydroxyl groups is 2. The Morgan fingerprint density at radius 3 is 2.22 bits per heavy atom. The molecule has 0 amide bonds. The first kappa shape index (κ1) is 18.7. The molecular weight excluding hydrogens is 352 g/mol. The van der Waals surface area contributed by atoms with E-state index in [-0.39, 0.29) is 11.5 Å². The summed E-state index contributed by atoms with van der Waals surface area (Å²) in [6.07, 6.45) is 1.01. The molecule has 0 aliphatic heterocycles. The van der Waals surface area contributed by atoms with Crippen LogP contribution in [0.3, 0.4) is 0 Å². The zero-order valence-corrected chi connectivity index (χ0v) is 15.7. The lowest BCUT2D eigenvalue weighted by Gasteiger charge is -2.20. The second-order valence-electron chi connectivity index (χ2n) is 6.22. The number of methoxy groups -OCH3 is 4. The Balaban J connectivity index is 2.39. The van der Waals surface area contributed by atoms with E-state index in [1.165, 1.54) is 40.6 Å². The van der Waals surface area contributed by atoms with Crippen molar-refractivity contribution >= 4 is 5.97 Å². The summed E-state index contributed by atoms with van der Waals surface area (Å²) in [7, 11) is 5.89. The van der Waals surface area contributed by atoms with E-state index in [9.17, 15) is 15.0 Å². The molecule has 1 aliphatic rings. The van der Waals surface area contributed by atoms with Gasteiger partial charge in [0, 0.05) is 5.56 Å². The number of phenols is 2. The largest absolute Gasteiger partial charge is 0.504 e. The quantitative estimate of drug-likeness (QED) is 0.627. The van der Waals surface area contributed by atoms with Gasteiger partial charge in [-0.1, -0.05) is 0 Å². The van der Waals surface area contributed by atoms with E-state index in [4.69, 9.17) is 18.9 Å². The lowest BCUT2D eigenvalue weighted by molar-refractivity contribution is -0.142. The predicted molar refractivity (Wildman–Crippen MR) is 97.9 cm³/mol. The molecule has 7 nitrogen and oxygen atoms in total. The first-order valence-electron chi connectivity index (χ1n) is 8.42. The zero-order valence-electron chi connectivity index (χ0n) is 15.7. The monoisotopic (exact) mass is 374 g/mol. The number of benzene rings is 2. The van der Waals surface area contributed by atoms with E-state index >= 15 is 0 Å². The highest BCUT2D eigenvalue weighted by molar-refractivity contribution is 5.89. The van der Waals surface area contributed by atoms with Crippen molar-refractivity contribution in [1.82, 2.24) is 0 Å². The van der Waals surface area contributed by atoms with E-state index in [1.807, 2.05) is 6.07 Å². The second-order valence-corrected chi connectivity index (χ2v) is 6.22. The van der Waals surface area contributed by atoms with Crippen LogP contribution in [-0.2, 0) is 16.0 Å². The van der Waals surface area contributed by atoms with Gasteiger partial charge in [0.1, 0.15) is 0 Å². The molecule has 0 bridgehead atoms. The van der Waals surface area contributed by atoms with Gasteiger partial charge in [-0.2, -0.15) is 0 Å². The van der Waals surface area contributed by atoms with Crippen LogP contribution in [0.1, 0.15) is 23.5 Å². The molecule has 2 N–H and O–H groups in total. The van der Waals surface area contributed by atoms with Crippen molar-refractivity contribution in [2.24, 2.45) is 0 Å². The molecule has 2 aromatic rings. The van der Waals surface area contributed by atoms with Crippen LogP contribution >= 0.6 is 0 Å². The first-order chi connectivity index (χ1) is 13.0. The molecule has 0 saturated carbocycles. The maximum atomic E-state index is 12.4. The predicted octanol–water partition coefficient (Wildman–Crippen LogP) is 2.99. The van der Waals surface area contributed by atoms with Gasteiger partial charge >= 0.3 is 5.97 Å². The van der Waals surface area contributed by atoms with Gasteiger partial charge in [0.05, 0.1) is 34.4 Å². The Morgan fingerprint density at radius 2 is 1.63 bits per heavy atom. The van der Waals surface area contributed by atoms with Gasteiger partial charge in [0.25, 0.3) is 0 Å². The molecule has 0 fully saturated rings. The minimum atomic E-state index is -0.592. The molecule has 0 aromatic heterocycles. The van der Waals surface area contributed by atoms with Crippen LogP contribution in [0.15, 0.2) is 18.2 Å². The maximum absolute atomic E-state index is 12.4. The molecule has 0 heterocycles.